The quantitative estimate of drug-likeness (QED) is 0.860. The maximum atomic E-state index is 12.0. The molecule has 23 heavy (non-hydrogen) atoms. The Balaban J connectivity index is 1.83. The molecule has 1 aromatic carbocycles. The van der Waals surface area contributed by atoms with Gasteiger partial charge in [-0.25, -0.2) is 4.79 Å². The van der Waals surface area contributed by atoms with Gasteiger partial charge in [0, 0.05) is 23.8 Å². The number of hydrogen-bond donors (Lipinski definition) is 2. The summed E-state index contributed by atoms with van der Waals surface area (Å²) in [6.45, 7) is 6.99. The molecule has 0 aliphatic heterocycles. The average molecular weight is 316 g/mol. The molecule has 0 fully saturated rings. The fraction of sp³-hybridized carbons (Fsp3) is 0.412. The highest BCUT2D eigenvalue weighted by atomic mass is 16.5. The van der Waals surface area contributed by atoms with Gasteiger partial charge in [-0.15, -0.1) is 0 Å². The molecule has 0 aliphatic carbocycles. The zero-order chi connectivity index (χ0) is 16.8. The van der Waals surface area contributed by atoms with Gasteiger partial charge in [0.25, 0.3) is 0 Å². The van der Waals surface area contributed by atoms with E-state index in [2.05, 4.69) is 15.7 Å². The number of ether oxygens (including phenoxy) is 1. The predicted molar refractivity (Wildman–Crippen MR) is 89.5 cm³/mol. The summed E-state index contributed by atoms with van der Waals surface area (Å²) in [5.74, 6) is 0.767. The number of hydrogen-bond acceptors (Lipinski definition) is 3. The van der Waals surface area contributed by atoms with Gasteiger partial charge >= 0.3 is 6.03 Å². The van der Waals surface area contributed by atoms with Crippen molar-refractivity contribution in [1.82, 2.24) is 20.4 Å². The number of urea groups is 1. The minimum atomic E-state index is -0.204. The molecule has 0 spiro atoms. The van der Waals surface area contributed by atoms with Crippen LogP contribution in [-0.2, 0) is 13.1 Å². The summed E-state index contributed by atoms with van der Waals surface area (Å²) in [5.41, 5.74) is 3.01. The zero-order valence-corrected chi connectivity index (χ0v) is 14.1. The monoisotopic (exact) mass is 316 g/mol. The van der Waals surface area contributed by atoms with Gasteiger partial charge in [0.05, 0.1) is 19.3 Å². The Morgan fingerprint density at radius 2 is 2.09 bits per heavy atom. The first-order chi connectivity index (χ1) is 11.0. The van der Waals surface area contributed by atoms with Gasteiger partial charge in [-0.05, 0) is 32.9 Å². The summed E-state index contributed by atoms with van der Waals surface area (Å²) >= 11 is 0. The van der Waals surface area contributed by atoms with Gasteiger partial charge in [-0.3, -0.25) is 4.68 Å². The lowest BCUT2D eigenvalue weighted by molar-refractivity contribution is 0.235. The van der Waals surface area contributed by atoms with Crippen LogP contribution in [0.5, 0.6) is 5.75 Å². The van der Waals surface area contributed by atoms with Crippen LogP contribution in [0, 0.1) is 13.8 Å². The van der Waals surface area contributed by atoms with Crippen LogP contribution in [0.2, 0.25) is 0 Å². The fourth-order valence-corrected chi connectivity index (χ4v) is 2.46. The maximum absolute atomic E-state index is 12.0. The Morgan fingerprint density at radius 3 is 2.74 bits per heavy atom. The van der Waals surface area contributed by atoms with Gasteiger partial charge in [-0.1, -0.05) is 18.2 Å². The lowest BCUT2D eigenvalue weighted by atomic mass is 10.2. The fourth-order valence-electron chi connectivity index (χ4n) is 2.46. The van der Waals surface area contributed by atoms with E-state index in [0.717, 1.165) is 22.7 Å². The molecule has 0 saturated heterocycles. The average Bonchev–Trinajstić information content (AvgIpc) is 2.82. The van der Waals surface area contributed by atoms with E-state index in [0.29, 0.717) is 13.1 Å². The number of nitrogens with zero attached hydrogens (tertiary/aromatic N) is 2. The minimum absolute atomic E-state index is 0.0225. The lowest BCUT2D eigenvalue weighted by Crippen LogP contribution is -2.42. The van der Waals surface area contributed by atoms with E-state index in [1.807, 2.05) is 55.8 Å². The SMILES string of the molecule is COc1ccccc1CNC(=O)NC(C)Cn1nc(C)cc1C. The molecule has 0 saturated carbocycles. The van der Waals surface area contributed by atoms with Crippen molar-refractivity contribution in [2.75, 3.05) is 7.11 Å². The molecule has 0 bridgehead atoms. The van der Waals surface area contributed by atoms with Crippen LogP contribution in [0.1, 0.15) is 23.9 Å². The van der Waals surface area contributed by atoms with E-state index in [9.17, 15) is 4.79 Å². The third-order valence-electron chi connectivity index (χ3n) is 3.56. The van der Waals surface area contributed by atoms with E-state index >= 15 is 0 Å². The molecule has 2 aromatic rings. The van der Waals surface area contributed by atoms with E-state index < -0.39 is 0 Å². The first kappa shape index (κ1) is 16.9. The van der Waals surface area contributed by atoms with Crippen LogP contribution < -0.4 is 15.4 Å². The molecule has 6 nitrogen and oxygen atoms in total. The van der Waals surface area contributed by atoms with Gasteiger partial charge < -0.3 is 15.4 Å². The lowest BCUT2D eigenvalue weighted by Gasteiger charge is -2.16. The van der Waals surface area contributed by atoms with Crippen molar-refractivity contribution in [2.45, 2.75) is 39.9 Å². The van der Waals surface area contributed by atoms with Crippen LogP contribution >= 0.6 is 0 Å². The molecule has 1 aromatic heterocycles. The molecule has 0 aliphatic rings. The molecule has 1 atom stereocenters. The second kappa shape index (κ2) is 7.67. The predicted octanol–water partition coefficient (Wildman–Crippen LogP) is 2.40. The number of para-hydroxylation sites is 1. The molecule has 1 heterocycles. The molecular weight excluding hydrogens is 292 g/mol. The summed E-state index contributed by atoms with van der Waals surface area (Å²) in [5, 5.41) is 10.2. The second-order valence-corrected chi connectivity index (χ2v) is 5.65. The minimum Gasteiger partial charge on any atom is -0.496 e. The number of carbonyl (C=O) groups excluding carboxylic acids is 1. The van der Waals surface area contributed by atoms with Crippen molar-refractivity contribution in [3.8, 4) is 5.75 Å². The van der Waals surface area contributed by atoms with Crippen LogP contribution in [-0.4, -0.2) is 29.0 Å². The highest BCUT2D eigenvalue weighted by Crippen LogP contribution is 2.16. The Bertz CT molecular complexity index is 666. The van der Waals surface area contributed by atoms with Crippen molar-refractivity contribution in [1.29, 1.82) is 0 Å². The molecular formula is C17H24N4O2. The largest absolute Gasteiger partial charge is 0.496 e. The smallest absolute Gasteiger partial charge is 0.315 e. The molecule has 6 heteroatoms. The van der Waals surface area contributed by atoms with Crippen LogP contribution in [0.25, 0.3) is 0 Å². The number of amides is 2. The molecule has 2 amide bonds. The van der Waals surface area contributed by atoms with Gasteiger partial charge in [0.15, 0.2) is 0 Å². The Morgan fingerprint density at radius 1 is 1.35 bits per heavy atom. The summed E-state index contributed by atoms with van der Waals surface area (Å²) in [4.78, 5) is 12.0. The number of rotatable bonds is 6. The highest BCUT2D eigenvalue weighted by molar-refractivity contribution is 5.74. The summed E-state index contributed by atoms with van der Waals surface area (Å²) < 4.78 is 7.17. The van der Waals surface area contributed by atoms with Crippen LogP contribution in [0.4, 0.5) is 4.79 Å². The molecule has 2 rings (SSSR count). The van der Waals surface area contributed by atoms with E-state index in [4.69, 9.17) is 4.74 Å². The Hall–Kier alpha value is -2.50. The van der Waals surface area contributed by atoms with Gasteiger partial charge in [0.2, 0.25) is 0 Å². The van der Waals surface area contributed by atoms with Gasteiger partial charge in [-0.2, -0.15) is 5.10 Å². The molecule has 124 valence electrons. The number of aryl methyl sites for hydroxylation is 2. The standard InChI is InChI=1S/C17H24N4O2/c1-12-9-14(3)21(20-12)11-13(2)19-17(22)18-10-15-7-5-6-8-16(15)23-4/h5-9,13H,10-11H2,1-4H3,(H2,18,19,22). The number of nitrogens with one attached hydrogen (secondary N) is 2. The number of methoxy groups -OCH3 is 1. The first-order valence-corrected chi connectivity index (χ1v) is 7.67. The van der Waals surface area contributed by atoms with E-state index in [1.165, 1.54) is 0 Å². The van der Waals surface area contributed by atoms with Crippen molar-refractivity contribution < 1.29 is 9.53 Å². The van der Waals surface area contributed by atoms with Crippen molar-refractivity contribution in [2.24, 2.45) is 0 Å². The molecule has 2 N–H and O–H groups in total. The summed E-state index contributed by atoms with van der Waals surface area (Å²) in [7, 11) is 1.62. The molecule has 1 unspecified atom stereocenters. The summed E-state index contributed by atoms with van der Waals surface area (Å²) in [6, 6.07) is 9.42. The van der Waals surface area contributed by atoms with Crippen molar-refractivity contribution >= 4 is 6.03 Å². The topological polar surface area (TPSA) is 68.2 Å². The third-order valence-corrected chi connectivity index (χ3v) is 3.56. The van der Waals surface area contributed by atoms with Crippen molar-refractivity contribution in [3.63, 3.8) is 0 Å². The zero-order valence-electron chi connectivity index (χ0n) is 14.1. The Labute approximate surface area is 136 Å². The van der Waals surface area contributed by atoms with Crippen LogP contribution in [0.15, 0.2) is 30.3 Å². The number of aromatic nitrogens is 2. The summed E-state index contributed by atoms with van der Waals surface area (Å²) in [6.07, 6.45) is 0. The van der Waals surface area contributed by atoms with E-state index in [-0.39, 0.29) is 12.1 Å². The number of benzene rings is 1. The maximum Gasteiger partial charge on any atom is 0.315 e. The van der Waals surface area contributed by atoms with Crippen LogP contribution in [0.3, 0.4) is 0 Å². The Kier molecular flexibility index (Phi) is 5.62. The van der Waals surface area contributed by atoms with E-state index in [1.54, 1.807) is 7.11 Å². The second-order valence-electron chi connectivity index (χ2n) is 5.65. The third kappa shape index (κ3) is 4.74. The first-order valence-electron chi connectivity index (χ1n) is 7.67. The van der Waals surface area contributed by atoms with Crippen molar-refractivity contribution in [3.05, 3.63) is 47.3 Å². The van der Waals surface area contributed by atoms with Gasteiger partial charge in [0.1, 0.15) is 5.75 Å². The normalized spacial score (nSPS) is 11.8. The highest BCUT2D eigenvalue weighted by Gasteiger charge is 2.10. The molecule has 0 radical (unpaired) electrons. The number of carbonyl (C=O) groups is 1.